The second-order valence-corrected chi connectivity index (χ2v) is 6.89. The Hall–Kier alpha value is -0.830. The molecule has 0 radical (unpaired) electrons. The molecule has 0 spiro atoms. The summed E-state index contributed by atoms with van der Waals surface area (Å²) in [5.74, 6) is 0.592. The molecule has 1 heterocycles. The first-order chi connectivity index (χ1) is 9.06. The van der Waals surface area contributed by atoms with E-state index in [0.29, 0.717) is 12.0 Å². The lowest BCUT2D eigenvalue weighted by Gasteiger charge is -2.13. The monoisotopic (exact) mass is 293 g/mol. The molecule has 0 aliphatic heterocycles. The molecule has 1 aromatic heterocycles. The van der Waals surface area contributed by atoms with Gasteiger partial charge < -0.3 is 5.32 Å². The molecule has 0 fully saturated rings. The standard InChI is InChI=1S/C16H20ClNS/c1-11(2)14-6-4-13(5-7-14)10-18-12(3)15-8-9-16(17)19-15/h4-9,11-12,18H,10H2,1-3H3. The molecule has 0 saturated carbocycles. The molecular formula is C16H20ClNS. The van der Waals surface area contributed by atoms with Gasteiger partial charge in [-0.2, -0.15) is 0 Å². The Morgan fingerprint density at radius 1 is 1.05 bits per heavy atom. The quantitative estimate of drug-likeness (QED) is 0.781. The number of rotatable bonds is 5. The number of halogens is 1. The van der Waals surface area contributed by atoms with Crippen LogP contribution in [0.1, 0.15) is 48.7 Å². The van der Waals surface area contributed by atoms with Gasteiger partial charge in [0.05, 0.1) is 4.34 Å². The Morgan fingerprint density at radius 2 is 1.74 bits per heavy atom. The minimum Gasteiger partial charge on any atom is -0.305 e. The summed E-state index contributed by atoms with van der Waals surface area (Å²) in [5, 5.41) is 3.53. The van der Waals surface area contributed by atoms with Gasteiger partial charge in [0.2, 0.25) is 0 Å². The van der Waals surface area contributed by atoms with Crippen molar-refractivity contribution in [2.75, 3.05) is 0 Å². The second-order valence-electron chi connectivity index (χ2n) is 5.14. The first-order valence-corrected chi connectivity index (χ1v) is 7.83. The number of thiophene rings is 1. The summed E-state index contributed by atoms with van der Waals surface area (Å²) in [4.78, 5) is 1.28. The summed E-state index contributed by atoms with van der Waals surface area (Å²) in [6.45, 7) is 7.49. The van der Waals surface area contributed by atoms with E-state index in [0.717, 1.165) is 10.9 Å². The summed E-state index contributed by atoms with van der Waals surface area (Å²) in [6.07, 6.45) is 0. The van der Waals surface area contributed by atoms with Crippen LogP contribution in [0.5, 0.6) is 0 Å². The van der Waals surface area contributed by atoms with Gasteiger partial charge in [0, 0.05) is 17.5 Å². The largest absolute Gasteiger partial charge is 0.305 e. The Kier molecular flexibility index (Phi) is 5.03. The van der Waals surface area contributed by atoms with Gasteiger partial charge in [-0.25, -0.2) is 0 Å². The van der Waals surface area contributed by atoms with Gasteiger partial charge >= 0.3 is 0 Å². The van der Waals surface area contributed by atoms with Crippen molar-refractivity contribution >= 4 is 22.9 Å². The van der Waals surface area contributed by atoms with E-state index in [4.69, 9.17) is 11.6 Å². The minimum absolute atomic E-state index is 0.335. The SMILES string of the molecule is CC(C)c1ccc(CNC(C)c2ccc(Cl)s2)cc1. The third-order valence-electron chi connectivity index (χ3n) is 3.28. The van der Waals surface area contributed by atoms with Crippen molar-refractivity contribution in [3.05, 3.63) is 56.7 Å². The predicted molar refractivity (Wildman–Crippen MR) is 85.1 cm³/mol. The van der Waals surface area contributed by atoms with Gasteiger partial charge in [0.1, 0.15) is 0 Å². The zero-order valence-corrected chi connectivity index (χ0v) is 13.2. The Labute approximate surface area is 124 Å². The Balaban J connectivity index is 1.91. The lowest BCUT2D eigenvalue weighted by atomic mass is 10.0. The first-order valence-electron chi connectivity index (χ1n) is 6.63. The number of hydrogen-bond donors (Lipinski definition) is 1. The normalized spacial score (nSPS) is 12.9. The molecule has 102 valence electrons. The molecule has 1 N–H and O–H groups in total. The highest BCUT2D eigenvalue weighted by atomic mass is 35.5. The minimum atomic E-state index is 0.335. The van der Waals surface area contributed by atoms with E-state index >= 15 is 0 Å². The molecule has 1 atom stereocenters. The van der Waals surface area contributed by atoms with E-state index in [1.807, 2.05) is 6.07 Å². The lowest BCUT2D eigenvalue weighted by Crippen LogP contribution is -2.17. The topological polar surface area (TPSA) is 12.0 Å². The van der Waals surface area contributed by atoms with E-state index in [1.54, 1.807) is 11.3 Å². The molecule has 2 rings (SSSR count). The highest BCUT2D eigenvalue weighted by Gasteiger charge is 2.07. The molecule has 0 saturated heterocycles. The second kappa shape index (κ2) is 6.56. The van der Waals surface area contributed by atoms with E-state index in [1.165, 1.54) is 16.0 Å². The van der Waals surface area contributed by atoms with Gasteiger partial charge in [-0.1, -0.05) is 49.7 Å². The number of nitrogens with one attached hydrogen (secondary N) is 1. The van der Waals surface area contributed by atoms with Gasteiger partial charge in [-0.05, 0) is 36.1 Å². The Bertz CT molecular complexity index is 516. The summed E-state index contributed by atoms with van der Waals surface area (Å²) in [5.41, 5.74) is 2.71. The summed E-state index contributed by atoms with van der Waals surface area (Å²) in [6, 6.07) is 13.2. The van der Waals surface area contributed by atoms with E-state index in [2.05, 4.69) is 56.4 Å². The zero-order valence-electron chi connectivity index (χ0n) is 11.6. The van der Waals surface area contributed by atoms with E-state index in [9.17, 15) is 0 Å². The van der Waals surface area contributed by atoms with Crippen LogP contribution in [0.2, 0.25) is 4.34 Å². The fraction of sp³-hybridized carbons (Fsp3) is 0.375. The molecule has 0 amide bonds. The smallest absolute Gasteiger partial charge is 0.0931 e. The van der Waals surface area contributed by atoms with Gasteiger partial charge in [0.15, 0.2) is 0 Å². The molecule has 0 aliphatic rings. The van der Waals surface area contributed by atoms with Crippen molar-refractivity contribution in [3.8, 4) is 0 Å². The van der Waals surface area contributed by atoms with Crippen LogP contribution in [0.3, 0.4) is 0 Å². The Morgan fingerprint density at radius 3 is 2.26 bits per heavy atom. The van der Waals surface area contributed by atoms with Crippen LogP contribution in [-0.2, 0) is 6.54 Å². The molecule has 1 aromatic carbocycles. The van der Waals surface area contributed by atoms with Crippen LogP contribution in [0.4, 0.5) is 0 Å². The van der Waals surface area contributed by atoms with Crippen LogP contribution >= 0.6 is 22.9 Å². The van der Waals surface area contributed by atoms with Crippen molar-refractivity contribution in [3.63, 3.8) is 0 Å². The molecule has 0 aliphatic carbocycles. The summed E-state index contributed by atoms with van der Waals surface area (Å²) >= 11 is 7.60. The highest BCUT2D eigenvalue weighted by molar-refractivity contribution is 7.16. The number of benzene rings is 1. The fourth-order valence-corrected chi connectivity index (χ4v) is 3.04. The average molecular weight is 294 g/mol. The van der Waals surface area contributed by atoms with Crippen LogP contribution in [0.15, 0.2) is 36.4 Å². The molecule has 2 aromatic rings. The summed E-state index contributed by atoms with van der Waals surface area (Å²) in [7, 11) is 0. The van der Waals surface area contributed by atoms with Crippen molar-refractivity contribution in [2.24, 2.45) is 0 Å². The maximum Gasteiger partial charge on any atom is 0.0931 e. The van der Waals surface area contributed by atoms with Crippen molar-refractivity contribution in [2.45, 2.75) is 39.3 Å². The van der Waals surface area contributed by atoms with Crippen molar-refractivity contribution < 1.29 is 0 Å². The highest BCUT2D eigenvalue weighted by Crippen LogP contribution is 2.26. The number of hydrogen-bond acceptors (Lipinski definition) is 2. The third-order valence-corrected chi connectivity index (χ3v) is 4.69. The first kappa shape index (κ1) is 14.6. The van der Waals surface area contributed by atoms with Crippen molar-refractivity contribution in [1.82, 2.24) is 5.32 Å². The molecule has 19 heavy (non-hydrogen) atoms. The van der Waals surface area contributed by atoms with Gasteiger partial charge in [0.25, 0.3) is 0 Å². The third kappa shape index (κ3) is 4.07. The lowest BCUT2D eigenvalue weighted by molar-refractivity contribution is 0.583. The van der Waals surface area contributed by atoms with Gasteiger partial charge in [-0.3, -0.25) is 0 Å². The van der Waals surface area contributed by atoms with Crippen LogP contribution in [0, 0.1) is 0 Å². The fourth-order valence-electron chi connectivity index (χ4n) is 1.95. The van der Waals surface area contributed by atoms with E-state index < -0.39 is 0 Å². The molecule has 0 bridgehead atoms. The maximum absolute atomic E-state index is 5.96. The van der Waals surface area contributed by atoms with Crippen molar-refractivity contribution in [1.29, 1.82) is 0 Å². The summed E-state index contributed by atoms with van der Waals surface area (Å²) < 4.78 is 0.852. The van der Waals surface area contributed by atoms with Gasteiger partial charge in [-0.15, -0.1) is 11.3 Å². The molecule has 3 heteroatoms. The molecule has 1 unspecified atom stereocenters. The maximum atomic E-state index is 5.96. The van der Waals surface area contributed by atoms with E-state index in [-0.39, 0.29) is 0 Å². The average Bonchev–Trinajstić information content (AvgIpc) is 2.83. The zero-order chi connectivity index (χ0) is 13.8. The predicted octanol–water partition coefficient (Wildman–Crippen LogP) is 5.38. The van der Waals surface area contributed by atoms with Crippen LogP contribution in [-0.4, -0.2) is 0 Å². The van der Waals surface area contributed by atoms with Crippen LogP contribution in [0.25, 0.3) is 0 Å². The molecule has 1 nitrogen and oxygen atoms in total. The molecular weight excluding hydrogens is 274 g/mol. The van der Waals surface area contributed by atoms with Crippen LogP contribution < -0.4 is 5.32 Å².